The number of rotatable bonds is 8. The fraction of sp³-hybridized carbons (Fsp3) is 0.360. The van der Waals surface area contributed by atoms with Gasteiger partial charge in [0.15, 0.2) is 0 Å². The van der Waals surface area contributed by atoms with Gasteiger partial charge in [0, 0.05) is 47.0 Å². The molecule has 0 bridgehead atoms. The van der Waals surface area contributed by atoms with E-state index in [0.717, 1.165) is 48.5 Å². The lowest BCUT2D eigenvalue weighted by Gasteiger charge is -2.59. The zero-order chi connectivity index (χ0) is 22.0. The van der Waals surface area contributed by atoms with Gasteiger partial charge in [-0.1, -0.05) is 36.4 Å². The smallest absolute Gasteiger partial charge is 0.254 e. The summed E-state index contributed by atoms with van der Waals surface area (Å²) in [4.78, 5) is 16.4. The molecule has 2 fully saturated rings. The lowest BCUT2D eigenvalue weighted by molar-refractivity contribution is -0.0492. The van der Waals surface area contributed by atoms with Gasteiger partial charge < -0.3 is 15.3 Å². The van der Waals surface area contributed by atoms with Crippen molar-refractivity contribution in [3.63, 3.8) is 0 Å². The number of carbonyl (C=O) groups is 1. The number of hydrogen-bond acceptors (Lipinski definition) is 5. The first-order valence-electron chi connectivity index (χ1n) is 11.1. The highest BCUT2D eigenvalue weighted by Crippen LogP contribution is 2.49. The molecule has 1 aliphatic heterocycles. The molecule has 2 N–H and O–H groups in total. The first-order chi connectivity index (χ1) is 15.6. The average molecular weight is 449 g/mol. The molecule has 5 rings (SSSR count). The van der Waals surface area contributed by atoms with Crippen LogP contribution in [0.4, 0.5) is 5.69 Å². The van der Waals surface area contributed by atoms with E-state index < -0.39 is 0 Å². The summed E-state index contributed by atoms with van der Waals surface area (Å²) in [6.45, 7) is 2.28. The number of anilines is 1. The second-order valence-corrected chi connectivity index (χ2v) is 9.93. The van der Waals surface area contributed by atoms with Crippen molar-refractivity contribution >= 4 is 23.4 Å². The number of thioether (sulfide) groups is 1. The van der Waals surface area contributed by atoms with Crippen LogP contribution in [0.2, 0.25) is 0 Å². The van der Waals surface area contributed by atoms with Crippen molar-refractivity contribution in [3.05, 3.63) is 78.1 Å². The normalized spacial score (nSPS) is 17.1. The van der Waals surface area contributed by atoms with Crippen LogP contribution in [0, 0.1) is 5.41 Å². The Morgan fingerprint density at radius 1 is 1.12 bits per heavy atom. The maximum atomic E-state index is 13.2. The number of carbonyl (C=O) groups excluding carboxylic acids is 1. The van der Waals surface area contributed by atoms with Gasteiger partial charge in [-0.25, -0.2) is 0 Å². The third-order valence-corrected chi connectivity index (χ3v) is 7.48. The van der Waals surface area contributed by atoms with Gasteiger partial charge in [-0.2, -0.15) is 5.10 Å². The number of likely N-dealkylation sites (tertiary alicyclic amines) is 1. The zero-order valence-corrected chi connectivity index (χ0v) is 18.8. The second-order valence-electron chi connectivity index (χ2n) is 8.89. The molecule has 1 amide bonds. The number of nitrogens with one attached hydrogen (secondary N) is 1. The summed E-state index contributed by atoms with van der Waals surface area (Å²) in [5.41, 5.74) is 3.19. The molecule has 2 heterocycles. The van der Waals surface area contributed by atoms with Crippen LogP contribution in [-0.4, -0.2) is 51.4 Å². The van der Waals surface area contributed by atoms with E-state index in [4.69, 9.17) is 5.11 Å². The highest BCUT2D eigenvalue weighted by Gasteiger charge is 2.53. The van der Waals surface area contributed by atoms with Crippen molar-refractivity contribution in [2.45, 2.75) is 36.1 Å². The van der Waals surface area contributed by atoms with Crippen molar-refractivity contribution < 1.29 is 9.90 Å². The standard InChI is InChI=1S/C25H28N4O2S/c30-11-10-29-15-21(14-26-29)27-20-12-25(13-20)17-28(18-25)24(31)23-9-5-4-6-19(23)16-32-22-7-2-1-3-8-22/h1-9,14-15,20,27,30H,10-13,16-18H2. The quantitative estimate of drug-likeness (QED) is 0.512. The van der Waals surface area contributed by atoms with Crippen LogP contribution in [-0.2, 0) is 12.3 Å². The zero-order valence-electron chi connectivity index (χ0n) is 18.0. The van der Waals surface area contributed by atoms with Crippen LogP contribution < -0.4 is 5.32 Å². The molecule has 1 aliphatic carbocycles. The van der Waals surface area contributed by atoms with Crippen LogP contribution in [0.15, 0.2) is 71.9 Å². The third-order valence-electron chi connectivity index (χ3n) is 6.42. The van der Waals surface area contributed by atoms with Crippen LogP contribution >= 0.6 is 11.8 Å². The van der Waals surface area contributed by atoms with E-state index >= 15 is 0 Å². The molecule has 2 aliphatic rings. The van der Waals surface area contributed by atoms with Gasteiger partial charge >= 0.3 is 0 Å². The minimum Gasteiger partial charge on any atom is -0.394 e. The van der Waals surface area contributed by atoms with Crippen molar-refractivity contribution in [2.24, 2.45) is 5.41 Å². The minimum atomic E-state index is 0.0889. The molecule has 0 radical (unpaired) electrons. The first-order valence-corrected chi connectivity index (χ1v) is 12.1. The number of nitrogens with zero attached hydrogens (tertiary/aromatic N) is 3. The topological polar surface area (TPSA) is 70.4 Å². The Morgan fingerprint density at radius 2 is 1.88 bits per heavy atom. The van der Waals surface area contributed by atoms with E-state index in [-0.39, 0.29) is 17.9 Å². The summed E-state index contributed by atoms with van der Waals surface area (Å²) in [6.07, 6.45) is 5.89. The van der Waals surface area contributed by atoms with Crippen molar-refractivity contribution in [2.75, 3.05) is 25.0 Å². The van der Waals surface area contributed by atoms with E-state index in [0.29, 0.717) is 12.6 Å². The molecule has 3 aromatic rings. The lowest BCUT2D eigenvalue weighted by Crippen LogP contribution is -2.66. The summed E-state index contributed by atoms with van der Waals surface area (Å²) in [6, 6.07) is 18.7. The van der Waals surface area contributed by atoms with Gasteiger partial charge in [-0.3, -0.25) is 9.48 Å². The largest absolute Gasteiger partial charge is 0.394 e. The predicted molar refractivity (Wildman–Crippen MR) is 127 cm³/mol. The van der Waals surface area contributed by atoms with Crippen LogP contribution in [0.25, 0.3) is 0 Å². The first kappa shape index (κ1) is 21.1. The third kappa shape index (κ3) is 4.40. The van der Waals surface area contributed by atoms with E-state index in [1.54, 1.807) is 16.4 Å². The van der Waals surface area contributed by atoms with Gasteiger partial charge in [-0.15, -0.1) is 11.8 Å². The second kappa shape index (κ2) is 9.00. The lowest BCUT2D eigenvalue weighted by atomic mass is 9.60. The maximum absolute atomic E-state index is 13.2. The van der Waals surface area contributed by atoms with Crippen LogP contribution in [0.1, 0.15) is 28.8 Å². The molecule has 32 heavy (non-hydrogen) atoms. The minimum absolute atomic E-state index is 0.0889. The number of benzene rings is 2. The monoisotopic (exact) mass is 448 g/mol. The van der Waals surface area contributed by atoms with Crippen LogP contribution in [0.5, 0.6) is 0 Å². The van der Waals surface area contributed by atoms with Gasteiger partial charge in [-0.05, 0) is 36.6 Å². The van der Waals surface area contributed by atoms with Crippen molar-refractivity contribution in [1.82, 2.24) is 14.7 Å². The predicted octanol–water partition coefficient (Wildman–Crippen LogP) is 3.88. The highest BCUT2D eigenvalue weighted by molar-refractivity contribution is 7.98. The molecule has 1 spiro atoms. The number of hydrogen-bond donors (Lipinski definition) is 2. The van der Waals surface area contributed by atoms with E-state index in [2.05, 4.69) is 28.6 Å². The number of aliphatic hydroxyl groups is 1. The average Bonchev–Trinajstić information content (AvgIpc) is 3.21. The number of aliphatic hydroxyl groups excluding tert-OH is 1. The molecule has 1 saturated heterocycles. The molecule has 1 saturated carbocycles. The maximum Gasteiger partial charge on any atom is 0.254 e. The molecular formula is C25H28N4O2S. The molecule has 1 aromatic heterocycles. The summed E-state index contributed by atoms with van der Waals surface area (Å²) in [5, 5.41) is 16.8. The Kier molecular flexibility index (Phi) is 5.93. The SMILES string of the molecule is O=C(c1ccccc1CSc1ccccc1)N1CC2(CC(Nc3cnn(CCO)c3)C2)C1. The molecule has 7 heteroatoms. The Labute approximate surface area is 192 Å². The van der Waals surface area contributed by atoms with Crippen molar-refractivity contribution in [1.29, 1.82) is 0 Å². The van der Waals surface area contributed by atoms with E-state index in [1.165, 1.54) is 4.90 Å². The Bertz CT molecular complexity index is 1070. The Hall–Kier alpha value is -2.77. The molecular weight excluding hydrogens is 420 g/mol. The van der Waals surface area contributed by atoms with Gasteiger partial charge in [0.1, 0.15) is 0 Å². The Balaban J connectivity index is 1.13. The fourth-order valence-electron chi connectivity index (χ4n) is 4.85. The number of aromatic nitrogens is 2. The summed E-state index contributed by atoms with van der Waals surface area (Å²) in [7, 11) is 0. The van der Waals surface area contributed by atoms with Gasteiger partial charge in [0.05, 0.1) is 25.0 Å². The summed E-state index contributed by atoms with van der Waals surface area (Å²) >= 11 is 1.76. The molecule has 0 atom stereocenters. The Morgan fingerprint density at radius 3 is 2.66 bits per heavy atom. The summed E-state index contributed by atoms with van der Waals surface area (Å²) < 4.78 is 1.74. The summed E-state index contributed by atoms with van der Waals surface area (Å²) in [5.74, 6) is 0.947. The van der Waals surface area contributed by atoms with E-state index in [9.17, 15) is 4.79 Å². The van der Waals surface area contributed by atoms with Crippen LogP contribution in [0.3, 0.4) is 0 Å². The highest BCUT2D eigenvalue weighted by atomic mass is 32.2. The van der Waals surface area contributed by atoms with Gasteiger partial charge in [0.25, 0.3) is 5.91 Å². The molecule has 6 nitrogen and oxygen atoms in total. The van der Waals surface area contributed by atoms with E-state index in [1.807, 2.05) is 53.7 Å². The van der Waals surface area contributed by atoms with Gasteiger partial charge in [0.2, 0.25) is 0 Å². The molecule has 166 valence electrons. The van der Waals surface area contributed by atoms with Crippen molar-refractivity contribution in [3.8, 4) is 0 Å². The fourth-order valence-corrected chi connectivity index (χ4v) is 5.78. The number of amides is 1. The molecule has 0 unspecified atom stereocenters. The molecule has 2 aromatic carbocycles.